The van der Waals surface area contributed by atoms with Crippen molar-refractivity contribution in [2.75, 3.05) is 0 Å². The Labute approximate surface area is 325 Å². The fraction of sp³-hybridized carbons (Fsp3) is 0. The summed E-state index contributed by atoms with van der Waals surface area (Å²) in [5, 5.41) is 1.82. The molecule has 254 valence electrons. The molecule has 0 amide bonds. The minimum absolute atomic E-state index is 0. The largest absolute Gasteiger partial charge is 2.00 e. The molecule has 4 aromatic carbocycles. The summed E-state index contributed by atoms with van der Waals surface area (Å²) >= 11 is 0. The van der Waals surface area contributed by atoms with Crippen LogP contribution in [0.1, 0.15) is 0 Å². The van der Waals surface area contributed by atoms with Crippen LogP contribution >= 0.6 is 0 Å². The summed E-state index contributed by atoms with van der Waals surface area (Å²) in [6.45, 7) is 0. The summed E-state index contributed by atoms with van der Waals surface area (Å²) in [7, 11) is 0. The third-order valence-electron chi connectivity index (χ3n) is 7.91. The van der Waals surface area contributed by atoms with Crippen LogP contribution < -0.4 is 9.47 Å². The van der Waals surface area contributed by atoms with E-state index in [1.807, 2.05) is 102 Å². The van der Waals surface area contributed by atoms with Gasteiger partial charge in [-0.3, -0.25) is 0 Å². The van der Waals surface area contributed by atoms with E-state index in [-0.39, 0.29) is 40.8 Å². The summed E-state index contributed by atoms with van der Waals surface area (Å²) in [6.07, 6.45) is 9.93. The van der Waals surface area contributed by atoms with Gasteiger partial charge in [0.05, 0.1) is 11.8 Å². The molecule has 5 heterocycles. The molecule has 0 spiro atoms. The number of pyridine rings is 2. The van der Waals surface area contributed by atoms with E-state index in [4.69, 9.17) is 23.9 Å². The Balaban J connectivity index is 0.00000210. The summed E-state index contributed by atoms with van der Waals surface area (Å²) in [4.78, 5) is 22.5. The first-order valence-corrected chi connectivity index (χ1v) is 15.6. The minimum Gasteiger partial charge on any atom is -0.503 e. The number of rotatable bonds is 8. The smallest absolute Gasteiger partial charge is 0.503 e. The fourth-order valence-electron chi connectivity index (χ4n) is 5.65. The second kappa shape index (κ2) is 15.2. The second-order valence-electron chi connectivity index (χ2n) is 11.1. The molecule has 9 rings (SSSR count). The maximum absolute atomic E-state index is 6.30. The number of benzene rings is 4. The molecule has 0 bridgehead atoms. The van der Waals surface area contributed by atoms with Crippen molar-refractivity contribution < 1.29 is 54.7 Å². The molecule has 9 aromatic rings. The summed E-state index contributed by atoms with van der Waals surface area (Å²) in [5.74, 6) is 2.87. The van der Waals surface area contributed by atoms with Gasteiger partial charge in [-0.1, -0.05) is 47.4 Å². The molecule has 9 nitrogen and oxygen atoms in total. The van der Waals surface area contributed by atoms with Crippen LogP contribution in [0.3, 0.4) is 0 Å². The first-order chi connectivity index (χ1) is 24.7. The molecule has 11 heteroatoms. The van der Waals surface area contributed by atoms with Crippen molar-refractivity contribution in [1.29, 1.82) is 0 Å². The van der Waals surface area contributed by atoms with Crippen molar-refractivity contribution in [3.8, 4) is 62.9 Å². The Morgan fingerprint density at radius 3 is 1.52 bits per heavy atom. The van der Waals surface area contributed by atoms with Crippen molar-refractivity contribution in [3.05, 3.63) is 159 Å². The maximum atomic E-state index is 6.30. The molecule has 0 aliphatic carbocycles. The molecular weight excluding hydrogens is 837 g/mol. The predicted molar refractivity (Wildman–Crippen MR) is 187 cm³/mol. The number of nitrogens with zero attached hydrogens (tertiary/aromatic N) is 6. The average Bonchev–Trinajstić information content (AvgIpc) is 3.83. The molecule has 0 saturated carbocycles. The van der Waals surface area contributed by atoms with Crippen molar-refractivity contribution in [1.82, 2.24) is 29.5 Å². The summed E-state index contributed by atoms with van der Waals surface area (Å²) in [6, 6.07) is 44.2. The van der Waals surface area contributed by atoms with Crippen LogP contribution in [-0.4, -0.2) is 29.5 Å². The molecule has 0 N–H and O–H groups in total. The molecule has 0 aliphatic heterocycles. The first kappa shape index (κ1) is 34.6. The number of oxazole rings is 1. The van der Waals surface area contributed by atoms with Gasteiger partial charge in [-0.25, -0.2) is 15.0 Å². The Morgan fingerprint density at radius 1 is 0.500 bits per heavy atom. The van der Waals surface area contributed by atoms with Crippen LogP contribution in [0.25, 0.3) is 61.7 Å². The zero-order valence-electron chi connectivity index (χ0n) is 26.7. The second-order valence-corrected chi connectivity index (χ2v) is 11.1. The van der Waals surface area contributed by atoms with Crippen LogP contribution in [0.15, 0.2) is 139 Å². The monoisotopic (exact) mass is 858 g/mol. The molecule has 0 fully saturated rings. The van der Waals surface area contributed by atoms with E-state index in [1.165, 1.54) is 6.26 Å². The minimum atomic E-state index is 0. The number of ether oxygens (including phenoxy) is 2. The third kappa shape index (κ3) is 6.92. The zero-order chi connectivity index (χ0) is 33.3. The van der Waals surface area contributed by atoms with Gasteiger partial charge >= 0.3 is 40.8 Å². The molecule has 0 unspecified atom stereocenters. The van der Waals surface area contributed by atoms with Crippen molar-refractivity contribution >= 4 is 21.8 Å². The van der Waals surface area contributed by atoms with Gasteiger partial charge < -0.3 is 28.4 Å². The summed E-state index contributed by atoms with van der Waals surface area (Å²) < 4.78 is 19.9. The Morgan fingerprint density at radius 2 is 1.04 bits per heavy atom. The van der Waals surface area contributed by atoms with Gasteiger partial charge in [0, 0.05) is 47.8 Å². The number of hydrogen-bond acceptors (Lipinski definition) is 8. The van der Waals surface area contributed by atoms with Gasteiger partial charge in [-0.15, -0.1) is 71.8 Å². The van der Waals surface area contributed by atoms with E-state index in [0.717, 1.165) is 33.3 Å². The van der Waals surface area contributed by atoms with Crippen molar-refractivity contribution in [3.63, 3.8) is 0 Å². The van der Waals surface area contributed by atoms with Crippen LogP contribution in [0.2, 0.25) is 0 Å². The average molecular weight is 860 g/mol. The third-order valence-corrected chi connectivity index (χ3v) is 7.91. The van der Waals surface area contributed by atoms with E-state index in [9.17, 15) is 0 Å². The molecule has 52 heavy (non-hydrogen) atoms. The van der Waals surface area contributed by atoms with Gasteiger partial charge in [0.25, 0.3) is 0 Å². The summed E-state index contributed by atoms with van der Waals surface area (Å²) in [5.41, 5.74) is 5.28. The van der Waals surface area contributed by atoms with E-state index >= 15 is 0 Å². The van der Waals surface area contributed by atoms with Crippen LogP contribution in [0.5, 0.6) is 23.0 Å². The van der Waals surface area contributed by atoms with Gasteiger partial charge in [0.2, 0.25) is 11.8 Å². The topological polar surface area (TPSA) is 101 Å². The van der Waals surface area contributed by atoms with Crippen molar-refractivity contribution in [2.45, 2.75) is 0 Å². The molecule has 0 atom stereocenters. The Kier molecular flexibility index (Phi) is 10.1. The Hall–Kier alpha value is -5.81. The van der Waals surface area contributed by atoms with E-state index in [0.29, 0.717) is 51.4 Å². The maximum Gasteiger partial charge on any atom is 2.00 e. The van der Waals surface area contributed by atoms with Crippen LogP contribution in [-0.2, 0) is 40.8 Å². The molecule has 0 aliphatic rings. The fourth-order valence-corrected chi connectivity index (χ4v) is 5.65. The van der Waals surface area contributed by atoms with E-state index < -0.39 is 0 Å². The predicted octanol–water partition coefficient (Wildman–Crippen LogP) is 9.13. The quantitative estimate of drug-likeness (QED) is 0.110. The van der Waals surface area contributed by atoms with E-state index in [2.05, 4.69) is 39.2 Å². The van der Waals surface area contributed by atoms with E-state index in [1.54, 1.807) is 31.0 Å². The molecular formula is C41H22N6O3Pd2. The van der Waals surface area contributed by atoms with Crippen molar-refractivity contribution in [2.24, 2.45) is 0 Å². The van der Waals surface area contributed by atoms with Gasteiger partial charge in [-0.05, 0) is 23.5 Å². The number of fused-ring (bicyclic) bond motifs is 3. The van der Waals surface area contributed by atoms with Gasteiger partial charge in [0.15, 0.2) is 0 Å². The van der Waals surface area contributed by atoms with Crippen LogP contribution in [0.4, 0.5) is 0 Å². The Bertz CT molecular complexity index is 2460. The molecule has 0 saturated heterocycles. The normalized spacial score (nSPS) is 10.8. The standard InChI is InChI=1S/C41H22N6O3.2Pd/c1-3-17-42-36(11-1)27-7-5-9-30(21-27)49-32-13-15-34-35-16-14-33(50-31-10-6-8-28(22-31)37-12-2-4-18-43-37)24-39(35)47(38(34)23-32)41-45-25-29(26-46-41)40-44-19-20-48-40;;/h1-20,25-26H;;/q-4;2*+2. The number of hydrogen-bond donors (Lipinski definition) is 0. The number of aromatic nitrogens is 6. The molecule has 0 radical (unpaired) electrons. The SMILES string of the molecule is [Pd+2].[Pd+2].[c-]1c(Oc2[c-]c3c(cc2)c2ccc(Oc4[c-]c(-c5ccccn5)ccc4)[c-]c2n3-c2ncc(-c3ncco3)cn2)cccc1-c1ccccn1. The van der Waals surface area contributed by atoms with Gasteiger partial charge in [-0.2, -0.15) is 22.9 Å². The van der Waals surface area contributed by atoms with Gasteiger partial charge in [0.1, 0.15) is 6.26 Å². The zero-order valence-corrected chi connectivity index (χ0v) is 29.9. The first-order valence-electron chi connectivity index (χ1n) is 15.6. The molecule has 5 aromatic heterocycles. The van der Waals surface area contributed by atoms with Crippen LogP contribution in [0, 0.1) is 24.3 Å².